The molecule has 0 aliphatic heterocycles. The van der Waals surface area contributed by atoms with E-state index in [2.05, 4.69) is 152 Å². The molecule has 4 heterocycles. The molecule has 16 heteroatoms. The Balaban J connectivity index is 1.03. The average Bonchev–Trinajstić information content (AvgIpc) is 0.758. The number of benzene rings is 8. The SMILES string of the molecule is CC(C)(C)c1cc2c(OCC(=O)Oc3cccc4cccnc34)c(c1)Cc1cc(C(C)(C)C)cc(c1OCC(=O)Oc1cccc3cccnc13)Cc1cc(C(C)(C)C)cc(c1OCC(=O)Oc1cccc3cccnc13)Cc1cc(C(C)(C)C)cc(c1OCC(=O)Oc1cccc3cccnc13)C2. The minimum atomic E-state index is -0.670. The number of carbonyl (C=O) groups is 4. The number of carbonyl (C=O) groups excluding carboxylic acids is 4. The van der Waals surface area contributed by atoms with Crippen LogP contribution in [0.2, 0.25) is 0 Å². The van der Waals surface area contributed by atoms with Crippen molar-refractivity contribution in [1.29, 1.82) is 0 Å². The maximum absolute atomic E-state index is 14.6. The molecule has 0 unspecified atom stereocenters. The van der Waals surface area contributed by atoms with Crippen LogP contribution in [0.3, 0.4) is 0 Å². The van der Waals surface area contributed by atoms with Gasteiger partial charge in [0.05, 0.1) is 0 Å². The van der Waals surface area contributed by atoms with Crippen molar-refractivity contribution >= 4 is 67.5 Å². The van der Waals surface area contributed by atoms with E-state index in [1.165, 1.54) is 0 Å². The molecule has 0 saturated carbocycles. The van der Waals surface area contributed by atoms with Crippen molar-refractivity contribution in [3.8, 4) is 46.0 Å². The number of pyridine rings is 4. The van der Waals surface area contributed by atoms with Gasteiger partial charge in [0.2, 0.25) is 0 Å². The third kappa shape index (κ3) is 16.0. The van der Waals surface area contributed by atoms with E-state index >= 15 is 0 Å². The summed E-state index contributed by atoms with van der Waals surface area (Å²) in [4.78, 5) is 76.6. The van der Waals surface area contributed by atoms with Crippen molar-refractivity contribution in [3.05, 3.63) is 261 Å². The zero-order valence-electron chi connectivity index (χ0n) is 60.8. The van der Waals surface area contributed by atoms with Gasteiger partial charge in [0, 0.05) is 72.0 Å². The van der Waals surface area contributed by atoms with E-state index in [0.29, 0.717) is 89.6 Å². The van der Waals surface area contributed by atoms with Crippen LogP contribution >= 0.6 is 0 Å². The maximum Gasteiger partial charge on any atom is 0.349 e. The fourth-order valence-corrected chi connectivity index (χ4v) is 13.1. The summed E-state index contributed by atoms with van der Waals surface area (Å²) in [5.74, 6) is 0.0179. The predicted octanol–water partition coefficient (Wildman–Crippen LogP) is 17.7. The molecule has 0 atom stereocenters. The van der Waals surface area contributed by atoms with Crippen LogP contribution in [-0.2, 0) is 66.5 Å². The van der Waals surface area contributed by atoms with Crippen molar-refractivity contribution in [2.75, 3.05) is 26.4 Å². The smallest absolute Gasteiger partial charge is 0.349 e. The number of ether oxygens (including phenoxy) is 8. The molecule has 12 aromatic rings. The van der Waals surface area contributed by atoms with E-state index < -0.39 is 72.0 Å². The van der Waals surface area contributed by atoms with Crippen LogP contribution in [0.4, 0.5) is 0 Å². The van der Waals surface area contributed by atoms with Gasteiger partial charge in [-0.05, 0) is 137 Å². The van der Waals surface area contributed by atoms with Gasteiger partial charge in [0.1, 0.15) is 45.1 Å². The monoisotopic (exact) mass is 1390 g/mol. The molecule has 1 aliphatic carbocycles. The van der Waals surface area contributed by atoms with Crippen LogP contribution in [0.25, 0.3) is 43.6 Å². The molecule has 0 fully saturated rings. The minimum absolute atomic E-state index is 0.139. The number of rotatable bonds is 16. The van der Waals surface area contributed by atoms with E-state index in [0.717, 1.165) is 43.8 Å². The molecule has 0 N–H and O–H groups in total. The van der Waals surface area contributed by atoms with E-state index in [-0.39, 0.29) is 48.7 Å². The molecule has 528 valence electrons. The molecule has 16 nitrogen and oxygen atoms in total. The van der Waals surface area contributed by atoms with E-state index in [1.54, 1.807) is 49.1 Å². The van der Waals surface area contributed by atoms with Crippen molar-refractivity contribution in [2.24, 2.45) is 0 Å². The Morgan fingerprint density at radius 2 is 0.462 bits per heavy atom. The van der Waals surface area contributed by atoms with Gasteiger partial charge >= 0.3 is 23.9 Å². The van der Waals surface area contributed by atoms with Crippen molar-refractivity contribution < 1.29 is 57.1 Å². The van der Waals surface area contributed by atoms with Gasteiger partial charge < -0.3 is 37.9 Å². The molecule has 1 aliphatic rings. The molecular formula is C88H84N4O12. The summed E-state index contributed by atoms with van der Waals surface area (Å²) in [7, 11) is 0. The van der Waals surface area contributed by atoms with Crippen LogP contribution in [0.5, 0.6) is 46.0 Å². The Kier molecular flexibility index (Phi) is 19.8. The second-order valence-electron chi connectivity index (χ2n) is 30.6. The lowest BCUT2D eigenvalue weighted by Crippen LogP contribution is -2.22. The Bertz CT molecular complexity index is 4550. The lowest BCUT2D eigenvalue weighted by atomic mass is 9.79. The lowest BCUT2D eigenvalue weighted by molar-refractivity contribution is -0.137. The number of nitrogens with zero attached hydrogens (tertiary/aromatic N) is 4. The fraction of sp³-hybridized carbons (Fsp3) is 0.273. The van der Waals surface area contributed by atoms with E-state index in [1.807, 2.05) is 97.1 Å². The van der Waals surface area contributed by atoms with Crippen LogP contribution in [-0.4, -0.2) is 70.2 Å². The van der Waals surface area contributed by atoms with Crippen molar-refractivity contribution in [3.63, 3.8) is 0 Å². The van der Waals surface area contributed by atoms with Gasteiger partial charge in [0.25, 0.3) is 0 Å². The van der Waals surface area contributed by atoms with Gasteiger partial charge in [0.15, 0.2) is 49.4 Å². The summed E-state index contributed by atoms with van der Waals surface area (Å²) in [6, 6.07) is 53.5. The maximum atomic E-state index is 14.6. The summed E-state index contributed by atoms with van der Waals surface area (Å²) in [6.07, 6.45) is 7.16. The van der Waals surface area contributed by atoms with Crippen LogP contribution in [0, 0.1) is 0 Å². The summed E-state index contributed by atoms with van der Waals surface area (Å²) >= 11 is 0. The molecule has 13 rings (SSSR count). The Hall–Kier alpha value is -11.5. The Morgan fingerprint density at radius 1 is 0.279 bits per heavy atom. The standard InChI is InChI=1S/C88H84N4O12/c1-85(2,3)65-41-57-37-59-43-66(86(4,5)6)45-61(82(59)98-50-74(94)102-70-30-14-22-54-26-18-34-90-78(54)70)39-63-47-68(88(10,11)12)48-64(84(63)100-52-76(96)104-72-32-16-24-56-28-20-36-92-80(56)72)40-62-46-67(87(7,8)9)44-60(83(62)99-51-75(95)103-71-31-15-23-55-27-19-35-91-79(55)71)38-58(42-65)81(57)97-49-73(93)101-69-29-13-21-53-25-17-33-89-77(53)69/h13-36,41-48H,37-40,49-52H2,1-12H3. The van der Waals surface area contributed by atoms with Gasteiger partial charge in [-0.15, -0.1) is 0 Å². The predicted molar refractivity (Wildman–Crippen MR) is 403 cm³/mol. The van der Waals surface area contributed by atoms with Crippen LogP contribution in [0.15, 0.2) is 195 Å². The number of esters is 4. The molecular weight excluding hydrogens is 1300 g/mol. The van der Waals surface area contributed by atoms with Crippen LogP contribution in [0.1, 0.15) is 150 Å². The number of fused-ring (bicyclic) bond motifs is 12. The van der Waals surface area contributed by atoms with Crippen LogP contribution < -0.4 is 37.9 Å². The minimum Gasteiger partial charge on any atom is -0.481 e. The Labute approximate surface area is 605 Å². The number of aromatic nitrogens is 4. The quantitative estimate of drug-likeness (QED) is 0.0654. The highest BCUT2D eigenvalue weighted by Crippen LogP contribution is 2.45. The molecule has 8 aromatic carbocycles. The first-order chi connectivity index (χ1) is 49.7. The normalized spacial score (nSPS) is 12.6. The fourth-order valence-electron chi connectivity index (χ4n) is 13.1. The Morgan fingerprint density at radius 3 is 0.644 bits per heavy atom. The third-order valence-electron chi connectivity index (χ3n) is 18.6. The van der Waals surface area contributed by atoms with Gasteiger partial charge in [-0.25, -0.2) is 19.2 Å². The summed E-state index contributed by atoms with van der Waals surface area (Å²) < 4.78 is 52.8. The highest BCUT2D eigenvalue weighted by molar-refractivity contribution is 5.90. The number of para-hydroxylation sites is 4. The number of hydrogen-bond donors (Lipinski definition) is 0. The molecule has 0 amide bonds. The van der Waals surface area contributed by atoms with Crippen molar-refractivity contribution in [1.82, 2.24) is 19.9 Å². The highest BCUT2D eigenvalue weighted by Gasteiger charge is 2.32. The van der Waals surface area contributed by atoms with E-state index in [9.17, 15) is 19.2 Å². The first-order valence-corrected chi connectivity index (χ1v) is 35.0. The molecule has 0 spiro atoms. The van der Waals surface area contributed by atoms with E-state index in [4.69, 9.17) is 37.9 Å². The third-order valence-corrected chi connectivity index (χ3v) is 18.6. The summed E-state index contributed by atoms with van der Waals surface area (Å²) in [6.45, 7) is 23.7. The first kappa shape index (κ1) is 70.9. The average molecular weight is 1390 g/mol. The molecule has 0 radical (unpaired) electrons. The molecule has 8 bridgehead atoms. The molecule has 4 aromatic heterocycles. The van der Waals surface area contributed by atoms with Crippen molar-refractivity contribution in [2.45, 2.75) is 130 Å². The number of hydrogen-bond acceptors (Lipinski definition) is 16. The lowest BCUT2D eigenvalue weighted by Gasteiger charge is -2.29. The first-order valence-electron chi connectivity index (χ1n) is 35.0. The molecule has 104 heavy (non-hydrogen) atoms. The zero-order valence-corrected chi connectivity index (χ0v) is 60.8. The summed E-state index contributed by atoms with van der Waals surface area (Å²) in [5, 5.41) is 3.18. The second-order valence-corrected chi connectivity index (χ2v) is 30.6. The van der Waals surface area contributed by atoms with Gasteiger partial charge in [-0.1, -0.05) is 204 Å². The topological polar surface area (TPSA) is 194 Å². The van der Waals surface area contributed by atoms with Gasteiger partial charge in [-0.2, -0.15) is 0 Å². The largest absolute Gasteiger partial charge is 0.481 e. The zero-order chi connectivity index (χ0) is 73.2. The van der Waals surface area contributed by atoms with Gasteiger partial charge in [-0.3, -0.25) is 19.9 Å². The second kappa shape index (κ2) is 29.1. The molecule has 0 saturated heterocycles. The highest BCUT2D eigenvalue weighted by atomic mass is 16.6. The summed E-state index contributed by atoms with van der Waals surface area (Å²) in [5.41, 5.74) is 9.49.